The number of nitrogens with zero attached hydrogens (tertiary/aromatic N) is 6. The van der Waals surface area contributed by atoms with Crippen LogP contribution in [0.2, 0.25) is 0 Å². The van der Waals surface area contributed by atoms with E-state index in [-0.39, 0.29) is 11.8 Å². The molecule has 2 aliphatic rings. The summed E-state index contributed by atoms with van der Waals surface area (Å²) in [7, 11) is 1.89. The van der Waals surface area contributed by atoms with Crippen LogP contribution in [-0.2, 0) is 9.59 Å². The van der Waals surface area contributed by atoms with Crippen LogP contribution in [0.4, 0.5) is 5.95 Å². The number of anilines is 1. The lowest BCUT2D eigenvalue weighted by atomic mass is 10.0. The first-order valence-corrected chi connectivity index (χ1v) is 10.4. The molecule has 2 saturated heterocycles. The van der Waals surface area contributed by atoms with Gasteiger partial charge in [0, 0.05) is 77.6 Å². The summed E-state index contributed by atoms with van der Waals surface area (Å²) in [6.07, 6.45) is 6.09. The molecule has 2 aliphatic heterocycles. The lowest BCUT2D eigenvalue weighted by Crippen LogP contribution is -2.49. The van der Waals surface area contributed by atoms with Crippen LogP contribution in [-0.4, -0.2) is 95.4 Å². The third kappa shape index (κ3) is 5.19. The fraction of sp³-hybridized carbons (Fsp3) is 0.700. The Balaban J connectivity index is 1.39. The lowest BCUT2D eigenvalue weighted by Gasteiger charge is -2.36. The van der Waals surface area contributed by atoms with Crippen molar-refractivity contribution in [1.29, 1.82) is 0 Å². The molecule has 0 atom stereocenters. The van der Waals surface area contributed by atoms with E-state index >= 15 is 0 Å². The van der Waals surface area contributed by atoms with E-state index in [1.807, 2.05) is 16.8 Å². The first kappa shape index (κ1) is 20.5. The summed E-state index contributed by atoms with van der Waals surface area (Å²) in [4.78, 5) is 41.8. The molecule has 0 N–H and O–H groups in total. The molecule has 3 rings (SSSR count). The van der Waals surface area contributed by atoms with Gasteiger partial charge in [-0.05, 0) is 25.5 Å². The van der Waals surface area contributed by atoms with E-state index < -0.39 is 0 Å². The third-order valence-electron chi connectivity index (χ3n) is 5.97. The number of rotatable bonds is 6. The Bertz CT molecular complexity index is 639. The number of piperidine rings is 1. The minimum absolute atomic E-state index is 0.0659. The molecule has 2 fully saturated rings. The van der Waals surface area contributed by atoms with Gasteiger partial charge in [-0.3, -0.25) is 9.59 Å². The van der Waals surface area contributed by atoms with Crippen molar-refractivity contribution < 1.29 is 9.59 Å². The van der Waals surface area contributed by atoms with Crippen LogP contribution >= 0.6 is 0 Å². The average molecular weight is 389 g/mol. The number of amides is 2. The molecule has 0 bridgehead atoms. The molecule has 0 unspecified atom stereocenters. The van der Waals surface area contributed by atoms with Gasteiger partial charge < -0.3 is 19.6 Å². The average Bonchev–Trinajstić information content (AvgIpc) is 2.77. The van der Waals surface area contributed by atoms with E-state index in [4.69, 9.17) is 0 Å². The molecule has 0 aromatic carbocycles. The molecule has 1 aromatic heterocycles. The zero-order valence-corrected chi connectivity index (χ0v) is 17.1. The molecule has 8 heteroatoms. The summed E-state index contributed by atoms with van der Waals surface area (Å²) < 4.78 is 0. The first-order valence-electron chi connectivity index (χ1n) is 10.4. The number of hydrogen-bond donors (Lipinski definition) is 0. The van der Waals surface area contributed by atoms with E-state index in [0.717, 1.165) is 45.6 Å². The van der Waals surface area contributed by atoms with E-state index in [1.54, 1.807) is 18.5 Å². The van der Waals surface area contributed by atoms with E-state index in [0.29, 0.717) is 37.9 Å². The van der Waals surface area contributed by atoms with Crippen molar-refractivity contribution in [1.82, 2.24) is 24.7 Å². The second kappa shape index (κ2) is 9.82. The molecule has 3 heterocycles. The van der Waals surface area contributed by atoms with Crippen molar-refractivity contribution in [2.45, 2.75) is 38.6 Å². The highest BCUT2D eigenvalue weighted by Crippen LogP contribution is 2.17. The minimum atomic E-state index is 0.0659. The number of hydrogen-bond acceptors (Lipinski definition) is 6. The molecule has 0 radical (unpaired) electrons. The summed E-state index contributed by atoms with van der Waals surface area (Å²) in [5.41, 5.74) is 0. The predicted octanol–water partition coefficient (Wildman–Crippen LogP) is 0.848. The molecule has 1 aromatic rings. The summed E-state index contributed by atoms with van der Waals surface area (Å²) in [5.74, 6) is 0.858. The summed E-state index contributed by atoms with van der Waals surface area (Å²) in [6.45, 7) is 8.09. The molecule has 154 valence electrons. The Morgan fingerprint density at radius 3 is 2.29 bits per heavy atom. The standard InChI is InChI=1S/C20H32N6O2/c1-3-24-11-7-17(8-12-24)23(2)18(27)5-6-19(28)25-13-15-26(16-14-25)20-21-9-4-10-22-20/h4,9-10,17H,3,5-8,11-16H2,1-2H3. The van der Waals surface area contributed by atoms with Crippen molar-refractivity contribution in [3.8, 4) is 0 Å². The fourth-order valence-corrected chi connectivity index (χ4v) is 3.99. The number of aromatic nitrogens is 2. The maximum atomic E-state index is 12.5. The number of likely N-dealkylation sites (tertiary alicyclic amines) is 1. The summed E-state index contributed by atoms with van der Waals surface area (Å²) >= 11 is 0. The van der Waals surface area contributed by atoms with Crippen LogP contribution in [0.25, 0.3) is 0 Å². The Morgan fingerprint density at radius 1 is 1.04 bits per heavy atom. The Labute approximate surface area is 167 Å². The van der Waals surface area contributed by atoms with Crippen molar-refractivity contribution >= 4 is 17.8 Å². The molecular formula is C20H32N6O2. The molecule has 8 nitrogen and oxygen atoms in total. The van der Waals surface area contributed by atoms with Crippen molar-refractivity contribution in [3.63, 3.8) is 0 Å². The van der Waals surface area contributed by atoms with Gasteiger partial charge in [-0.2, -0.15) is 0 Å². The molecule has 0 aliphatic carbocycles. The number of carbonyl (C=O) groups excluding carboxylic acids is 2. The molecule has 0 spiro atoms. The molecule has 28 heavy (non-hydrogen) atoms. The van der Waals surface area contributed by atoms with Crippen molar-refractivity contribution in [2.75, 3.05) is 57.8 Å². The van der Waals surface area contributed by atoms with E-state index in [2.05, 4.69) is 26.7 Å². The van der Waals surface area contributed by atoms with Gasteiger partial charge in [0.15, 0.2) is 0 Å². The quantitative estimate of drug-likeness (QED) is 0.719. The lowest BCUT2D eigenvalue weighted by molar-refractivity contribution is -0.138. The van der Waals surface area contributed by atoms with Crippen LogP contribution < -0.4 is 4.90 Å². The highest BCUT2D eigenvalue weighted by molar-refractivity contribution is 5.84. The van der Waals surface area contributed by atoms with Crippen LogP contribution in [0.1, 0.15) is 32.6 Å². The van der Waals surface area contributed by atoms with Crippen LogP contribution in [0.5, 0.6) is 0 Å². The largest absolute Gasteiger partial charge is 0.343 e. The van der Waals surface area contributed by atoms with Crippen LogP contribution in [0.15, 0.2) is 18.5 Å². The maximum absolute atomic E-state index is 12.5. The minimum Gasteiger partial charge on any atom is -0.343 e. The van der Waals surface area contributed by atoms with Gasteiger partial charge >= 0.3 is 0 Å². The molecular weight excluding hydrogens is 356 g/mol. The van der Waals surface area contributed by atoms with Gasteiger partial charge in [-0.25, -0.2) is 9.97 Å². The number of piperazine rings is 1. The monoisotopic (exact) mass is 388 g/mol. The molecule has 0 saturated carbocycles. The Kier molecular flexibility index (Phi) is 7.19. The summed E-state index contributed by atoms with van der Waals surface area (Å²) in [5, 5.41) is 0. The third-order valence-corrected chi connectivity index (χ3v) is 5.97. The van der Waals surface area contributed by atoms with Crippen LogP contribution in [0.3, 0.4) is 0 Å². The maximum Gasteiger partial charge on any atom is 0.225 e. The summed E-state index contributed by atoms with van der Waals surface area (Å²) in [6, 6.07) is 2.10. The first-order chi connectivity index (χ1) is 13.6. The second-order valence-electron chi connectivity index (χ2n) is 7.59. The SMILES string of the molecule is CCN1CCC(N(C)C(=O)CCC(=O)N2CCN(c3ncccn3)CC2)CC1. The highest BCUT2D eigenvalue weighted by atomic mass is 16.2. The fourth-order valence-electron chi connectivity index (χ4n) is 3.99. The Morgan fingerprint density at radius 2 is 1.68 bits per heavy atom. The van der Waals surface area contributed by atoms with Gasteiger partial charge in [0.05, 0.1) is 0 Å². The smallest absolute Gasteiger partial charge is 0.225 e. The second-order valence-corrected chi connectivity index (χ2v) is 7.59. The number of carbonyl (C=O) groups is 2. The van der Waals surface area contributed by atoms with Gasteiger partial charge in [-0.1, -0.05) is 6.92 Å². The van der Waals surface area contributed by atoms with Crippen molar-refractivity contribution in [3.05, 3.63) is 18.5 Å². The van der Waals surface area contributed by atoms with Gasteiger partial charge in [-0.15, -0.1) is 0 Å². The van der Waals surface area contributed by atoms with Gasteiger partial charge in [0.2, 0.25) is 17.8 Å². The predicted molar refractivity (Wildman–Crippen MR) is 108 cm³/mol. The van der Waals surface area contributed by atoms with Crippen molar-refractivity contribution in [2.24, 2.45) is 0 Å². The molecule has 2 amide bonds. The van der Waals surface area contributed by atoms with Crippen LogP contribution in [0, 0.1) is 0 Å². The van der Waals surface area contributed by atoms with Gasteiger partial charge in [0.1, 0.15) is 0 Å². The van der Waals surface area contributed by atoms with E-state index in [1.165, 1.54) is 0 Å². The van der Waals surface area contributed by atoms with E-state index in [9.17, 15) is 9.59 Å². The van der Waals surface area contributed by atoms with Gasteiger partial charge in [0.25, 0.3) is 0 Å². The zero-order chi connectivity index (χ0) is 19.9. The topological polar surface area (TPSA) is 72.9 Å². The Hall–Kier alpha value is -2.22. The zero-order valence-electron chi connectivity index (χ0n) is 17.1. The normalized spacial score (nSPS) is 18.9. The highest BCUT2D eigenvalue weighted by Gasteiger charge is 2.26.